The highest BCUT2D eigenvalue weighted by Gasteiger charge is 2.28. The monoisotopic (exact) mass is 336 g/mol. The van der Waals surface area contributed by atoms with Crippen LogP contribution >= 0.6 is 0 Å². The van der Waals surface area contributed by atoms with E-state index in [1.165, 1.54) is 17.1 Å². The van der Waals surface area contributed by atoms with Crippen molar-refractivity contribution >= 4 is 26.7 Å². The summed E-state index contributed by atoms with van der Waals surface area (Å²) in [5, 5.41) is 3.26. The largest absolute Gasteiger partial charge is 0.381 e. The third-order valence-electron chi connectivity index (χ3n) is 4.29. The van der Waals surface area contributed by atoms with Gasteiger partial charge in [-0.1, -0.05) is 0 Å². The quantitative estimate of drug-likeness (QED) is 0.878. The van der Waals surface area contributed by atoms with Crippen LogP contribution < -0.4 is 5.32 Å². The van der Waals surface area contributed by atoms with E-state index < -0.39 is 10.0 Å². The Morgan fingerprint density at radius 3 is 2.70 bits per heavy atom. The number of nitrogens with zero attached hydrogens (tertiary/aromatic N) is 3. The SMILES string of the molecule is CC(CS(=O)(=O)N(C)C)Nc1ccc2c(c1)nc(C1CC1)n2C. The van der Waals surface area contributed by atoms with E-state index in [4.69, 9.17) is 4.98 Å². The third kappa shape index (κ3) is 3.35. The number of imidazole rings is 1. The molecule has 1 N–H and O–H groups in total. The van der Waals surface area contributed by atoms with Crippen LogP contribution in [0, 0.1) is 0 Å². The Morgan fingerprint density at radius 2 is 2.09 bits per heavy atom. The van der Waals surface area contributed by atoms with Crippen LogP contribution in [0.15, 0.2) is 18.2 Å². The van der Waals surface area contributed by atoms with Crippen LogP contribution in [0.25, 0.3) is 11.0 Å². The van der Waals surface area contributed by atoms with E-state index in [0.29, 0.717) is 5.92 Å². The van der Waals surface area contributed by atoms with Gasteiger partial charge in [0.25, 0.3) is 0 Å². The van der Waals surface area contributed by atoms with Gasteiger partial charge < -0.3 is 9.88 Å². The molecule has 0 amide bonds. The second kappa shape index (κ2) is 5.79. The maximum absolute atomic E-state index is 11.9. The first-order valence-corrected chi connectivity index (χ1v) is 9.52. The molecular weight excluding hydrogens is 312 g/mol. The number of sulfonamides is 1. The Hall–Kier alpha value is -1.60. The van der Waals surface area contributed by atoms with Gasteiger partial charge in [0.1, 0.15) is 5.82 Å². The first-order valence-electron chi connectivity index (χ1n) is 7.91. The van der Waals surface area contributed by atoms with Crippen molar-refractivity contribution in [2.24, 2.45) is 7.05 Å². The Kier molecular flexibility index (Phi) is 4.10. The second-order valence-corrected chi connectivity index (χ2v) is 8.84. The summed E-state index contributed by atoms with van der Waals surface area (Å²) in [6, 6.07) is 5.86. The molecule has 1 aromatic heterocycles. The third-order valence-corrected chi connectivity index (χ3v) is 6.32. The van der Waals surface area contributed by atoms with Crippen LogP contribution in [0.5, 0.6) is 0 Å². The molecule has 1 fully saturated rings. The molecule has 0 bridgehead atoms. The zero-order chi connectivity index (χ0) is 16.8. The van der Waals surface area contributed by atoms with Gasteiger partial charge in [-0.3, -0.25) is 0 Å². The molecule has 1 heterocycles. The normalized spacial score (nSPS) is 16.9. The van der Waals surface area contributed by atoms with Crippen LogP contribution in [0.4, 0.5) is 5.69 Å². The molecule has 6 nitrogen and oxygen atoms in total. The maximum Gasteiger partial charge on any atom is 0.215 e. The molecule has 23 heavy (non-hydrogen) atoms. The van der Waals surface area contributed by atoms with Crippen molar-refractivity contribution in [2.75, 3.05) is 25.2 Å². The number of anilines is 1. The van der Waals surface area contributed by atoms with Gasteiger partial charge in [-0.25, -0.2) is 17.7 Å². The minimum atomic E-state index is -3.21. The maximum atomic E-state index is 11.9. The van der Waals surface area contributed by atoms with Gasteiger partial charge in [0.2, 0.25) is 10.0 Å². The van der Waals surface area contributed by atoms with E-state index in [2.05, 4.69) is 16.9 Å². The van der Waals surface area contributed by atoms with Crippen LogP contribution in [-0.2, 0) is 17.1 Å². The fourth-order valence-electron chi connectivity index (χ4n) is 2.81. The van der Waals surface area contributed by atoms with Crippen molar-refractivity contribution in [2.45, 2.75) is 31.7 Å². The van der Waals surface area contributed by atoms with Gasteiger partial charge in [0.05, 0.1) is 16.8 Å². The second-order valence-electron chi connectivity index (χ2n) is 6.61. The first-order chi connectivity index (χ1) is 10.8. The van der Waals surface area contributed by atoms with Gasteiger partial charge in [-0.05, 0) is 38.0 Å². The van der Waals surface area contributed by atoms with E-state index in [1.54, 1.807) is 14.1 Å². The molecule has 0 spiro atoms. The lowest BCUT2D eigenvalue weighted by Crippen LogP contribution is -2.33. The molecular formula is C16H24N4O2S. The predicted octanol–water partition coefficient (Wildman–Crippen LogP) is 2.14. The first kappa shape index (κ1) is 16.3. The van der Waals surface area contributed by atoms with E-state index in [9.17, 15) is 8.42 Å². The lowest BCUT2D eigenvalue weighted by atomic mass is 10.2. The topological polar surface area (TPSA) is 67.2 Å². The number of benzene rings is 1. The number of aryl methyl sites for hydroxylation is 1. The minimum absolute atomic E-state index is 0.0631. The van der Waals surface area contributed by atoms with Crippen molar-refractivity contribution in [3.63, 3.8) is 0 Å². The molecule has 2 aromatic rings. The Balaban J connectivity index is 1.78. The Morgan fingerprint density at radius 1 is 1.39 bits per heavy atom. The average molecular weight is 336 g/mol. The molecule has 1 aromatic carbocycles. The van der Waals surface area contributed by atoms with Gasteiger partial charge >= 0.3 is 0 Å². The molecule has 0 aliphatic heterocycles. The summed E-state index contributed by atoms with van der Waals surface area (Å²) in [6.45, 7) is 1.87. The van der Waals surface area contributed by atoms with Crippen LogP contribution in [0.2, 0.25) is 0 Å². The van der Waals surface area contributed by atoms with Crippen molar-refractivity contribution in [3.8, 4) is 0 Å². The molecule has 1 saturated carbocycles. The van der Waals surface area contributed by atoms with Crippen LogP contribution in [0.1, 0.15) is 31.5 Å². The molecule has 3 rings (SSSR count). The molecule has 0 saturated heterocycles. The highest BCUT2D eigenvalue weighted by molar-refractivity contribution is 7.89. The zero-order valence-electron chi connectivity index (χ0n) is 14.1. The summed E-state index contributed by atoms with van der Waals surface area (Å²) in [5.74, 6) is 1.82. The average Bonchev–Trinajstić information content (AvgIpc) is 3.23. The molecule has 1 aliphatic rings. The fraction of sp³-hybridized carbons (Fsp3) is 0.562. The number of hydrogen-bond donors (Lipinski definition) is 1. The van der Waals surface area contributed by atoms with Crippen molar-refractivity contribution in [1.29, 1.82) is 0 Å². The summed E-state index contributed by atoms with van der Waals surface area (Å²) in [5.41, 5.74) is 2.98. The van der Waals surface area contributed by atoms with Gasteiger partial charge in [0, 0.05) is 38.8 Å². The minimum Gasteiger partial charge on any atom is -0.381 e. The molecule has 0 radical (unpaired) electrons. The summed E-state index contributed by atoms with van der Waals surface area (Å²) < 4.78 is 27.3. The fourth-order valence-corrected chi connectivity index (χ4v) is 3.82. The highest BCUT2D eigenvalue weighted by Crippen LogP contribution is 2.40. The van der Waals surface area contributed by atoms with Crippen molar-refractivity contribution in [1.82, 2.24) is 13.9 Å². The molecule has 7 heteroatoms. The van der Waals surface area contributed by atoms with Gasteiger partial charge in [-0.15, -0.1) is 0 Å². The number of hydrogen-bond acceptors (Lipinski definition) is 4. The van der Waals surface area contributed by atoms with Gasteiger partial charge in [0.15, 0.2) is 0 Å². The van der Waals surface area contributed by atoms with Crippen LogP contribution in [-0.4, -0.2) is 48.2 Å². The smallest absolute Gasteiger partial charge is 0.215 e. The molecule has 126 valence electrons. The van der Waals surface area contributed by atoms with Gasteiger partial charge in [-0.2, -0.15) is 0 Å². The van der Waals surface area contributed by atoms with E-state index in [-0.39, 0.29) is 11.8 Å². The standard InChI is InChI=1S/C16H24N4O2S/c1-11(10-23(21,22)19(2)3)17-13-7-8-15-14(9-13)18-16(20(15)4)12-5-6-12/h7-9,11-12,17H,5-6,10H2,1-4H3. The Labute approximate surface area is 137 Å². The predicted molar refractivity (Wildman–Crippen MR) is 93.2 cm³/mol. The summed E-state index contributed by atoms with van der Waals surface area (Å²) in [4.78, 5) is 4.74. The van der Waals surface area contributed by atoms with Crippen LogP contribution in [0.3, 0.4) is 0 Å². The van der Waals surface area contributed by atoms with E-state index >= 15 is 0 Å². The lowest BCUT2D eigenvalue weighted by Gasteiger charge is -2.18. The number of nitrogens with one attached hydrogen (secondary N) is 1. The summed E-state index contributed by atoms with van der Waals surface area (Å²) >= 11 is 0. The zero-order valence-corrected chi connectivity index (χ0v) is 14.9. The van der Waals surface area contributed by atoms with E-state index in [1.807, 2.05) is 25.1 Å². The molecule has 1 unspecified atom stereocenters. The number of fused-ring (bicyclic) bond motifs is 1. The number of rotatable bonds is 6. The van der Waals surface area contributed by atoms with E-state index in [0.717, 1.165) is 22.5 Å². The Bertz CT molecular complexity index is 822. The molecule has 1 aliphatic carbocycles. The summed E-state index contributed by atoms with van der Waals surface area (Å²) in [6.07, 6.45) is 2.45. The summed E-state index contributed by atoms with van der Waals surface area (Å²) in [7, 11) is 1.96. The highest BCUT2D eigenvalue weighted by atomic mass is 32.2. The molecule has 1 atom stereocenters. The van der Waals surface area contributed by atoms with Crippen molar-refractivity contribution < 1.29 is 8.42 Å². The number of aromatic nitrogens is 2. The lowest BCUT2D eigenvalue weighted by molar-refractivity contribution is 0.517. The van der Waals surface area contributed by atoms with Crippen molar-refractivity contribution in [3.05, 3.63) is 24.0 Å².